The molecule has 0 aromatic heterocycles. The second-order valence-electron chi connectivity index (χ2n) is 5.19. The Kier molecular flexibility index (Phi) is 6.68. The summed E-state index contributed by atoms with van der Waals surface area (Å²) >= 11 is 1.45. The highest BCUT2D eigenvalue weighted by Gasteiger charge is 2.23. The monoisotopic (exact) mass is 383 g/mol. The van der Waals surface area contributed by atoms with Crippen molar-refractivity contribution in [2.45, 2.75) is 24.8 Å². The van der Waals surface area contributed by atoms with Gasteiger partial charge in [0.1, 0.15) is 0 Å². The topological polar surface area (TPSA) is 55.4 Å². The summed E-state index contributed by atoms with van der Waals surface area (Å²) in [6.07, 6.45) is -1.27. The molecule has 0 aliphatic heterocycles. The zero-order chi connectivity index (χ0) is 19.3. The first kappa shape index (κ1) is 19.8. The number of rotatable bonds is 6. The number of benzene rings is 2. The van der Waals surface area contributed by atoms with Crippen molar-refractivity contribution in [2.24, 2.45) is 0 Å². The third kappa shape index (κ3) is 4.57. The number of carbonyl (C=O) groups excluding carboxylic acids is 2. The molecule has 2 aromatic carbocycles. The highest BCUT2D eigenvalue weighted by molar-refractivity contribution is 7.99. The molecule has 0 saturated heterocycles. The Morgan fingerprint density at radius 3 is 2.50 bits per heavy atom. The summed E-state index contributed by atoms with van der Waals surface area (Å²) in [7, 11) is 0. The predicted molar refractivity (Wildman–Crippen MR) is 92.7 cm³/mol. The first-order valence-electron chi connectivity index (χ1n) is 7.72. The number of carbonyl (C=O) groups is 2. The molecule has 4 nitrogen and oxygen atoms in total. The number of ether oxygens (including phenoxy) is 1. The quantitative estimate of drug-likeness (QED) is 0.456. The fraction of sp³-hybridized carbons (Fsp3) is 0.222. The van der Waals surface area contributed by atoms with Gasteiger partial charge in [-0.25, -0.2) is 18.0 Å². The van der Waals surface area contributed by atoms with E-state index in [0.717, 1.165) is 11.8 Å². The van der Waals surface area contributed by atoms with E-state index < -0.39 is 41.1 Å². The van der Waals surface area contributed by atoms with Crippen molar-refractivity contribution in [2.75, 3.05) is 11.1 Å². The van der Waals surface area contributed by atoms with Gasteiger partial charge in [-0.05, 0) is 36.9 Å². The van der Waals surface area contributed by atoms with Crippen LogP contribution in [0.15, 0.2) is 41.3 Å². The molecule has 8 heteroatoms. The number of anilines is 1. The van der Waals surface area contributed by atoms with Crippen LogP contribution in [-0.4, -0.2) is 23.7 Å². The largest absolute Gasteiger partial charge is 0.449 e. The molecule has 0 spiro atoms. The van der Waals surface area contributed by atoms with Crippen LogP contribution >= 0.6 is 11.8 Å². The number of thioether (sulfide) groups is 1. The van der Waals surface area contributed by atoms with Crippen LogP contribution < -0.4 is 5.32 Å². The Morgan fingerprint density at radius 2 is 1.81 bits per heavy atom. The summed E-state index contributed by atoms with van der Waals surface area (Å²) in [5.74, 6) is -5.43. The number of nitrogens with one attached hydrogen (secondary N) is 1. The molecule has 1 atom stereocenters. The van der Waals surface area contributed by atoms with E-state index in [-0.39, 0.29) is 0 Å². The fourth-order valence-electron chi connectivity index (χ4n) is 2.05. The molecule has 0 heterocycles. The Balaban J connectivity index is 2.08. The summed E-state index contributed by atoms with van der Waals surface area (Å²) < 4.78 is 44.8. The van der Waals surface area contributed by atoms with Crippen LogP contribution in [0.25, 0.3) is 0 Å². The van der Waals surface area contributed by atoms with Crippen molar-refractivity contribution < 1.29 is 27.5 Å². The lowest BCUT2D eigenvalue weighted by molar-refractivity contribution is -0.123. The Bertz CT molecular complexity index is 829. The zero-order valence-electron chi connectivity index (χ0n) is 14.0. The highest BCUT2D eigenvalue weighted by Crippen LogP contribution is 2.24. The van der Waals surface area contributed by atoms with Crippen molar-refractivity contribution in [1.29, 1.82) is 0 Å². The first-order chi connectivity index (χ1) is 12.3. The molecule has 0 unspecified atom stereocenters. The predicted octanol–water partition coefficient (Wildman–Crippen LogP) is 4.40. The molecule has 138 valence electrons. The molecule has 0 aliphatic rings. The van der Waals surface area contributed by atoms with Crippen LogP contribution in [0.1, 0.15) is 24.2 Å². The lowest BCUT2D eigenvalue weighted by atomic mass is 10.2. The Morgan fingerprint density at radius 1 is 1.12 bits per heavy atom. The molecular formula is C18H16F3NO3S. The van der Waals surface area contributed by atoms with Crippen molar-refractivity contribution >= 4 is 29.3 Å². The van der Waals surface area contributed by atoms with Gasteiger partial charge in [0.05, 0.1) is 11.3 Å². The number of amides is 1. The van der Waals surface area contributed by atoms with Gasteiger partial charge in [0.2, 0.25) is 0 Å². The molecule has 2 aromatic rings. The number of halogens is 3. The summed E-state index contributed by atoms with van der Waals surface area (Å²) in [6.45, 7) is 3.22. The van der Waals surface area contributed by atoms with E-state index in [1.165, 1.54) is 18.7 Å². The fourth-order valence-corrected chi connectivity index (χ4v) is 2.84. The standard InChI is InChI=1S/C18H16F3NO3S/c1-3-26-14-7-5-4-6-11(14)18(24)25-10(2)17(23)22-13-9-8-12(19)15(20)16(13)21/h4-10H,3H2,1-2H3,(H,22,23)/t10-/m0/s1. The van der Waals surface area contributed by atoms with Gasteiger partial charge in [0.25, 0.3) is 5.91 Å². The van der Waals surface area contributed by atoms with Crippen molar-refractivity contribution in [1.82, 2.24) is 0 Å². The van der Waals surface area contributed by atoms with E-state index in [0.29, 0.717) is 16.5 Å². The van der Waals surface area contributed by atoms with Gasteiger partial charge in [-0.2, -0.15) is 0 Å². The molecule has 0 fully saturated rings. The van der Waals surface area contributed by atoms with Gasteiger partial charge >= 0.3 is 5.97 Å². The van der Waals surface area contributed by atoms with Gasteiger partial charge in [-0.15, -0.1) is 11.8 Å². The van der Waals surface area contributed by atoms with Crippen LogP contribution in [0.3, 0.4) is 0 Å². The lowest BCUT2D eigenvalue weighted by Gasteiger charge is -2.15. The van der Waals surface area contributed by atoms with Crippen LogP contribution in [-0.2, 0) is 9.53 Å². The van der Waals surface area contributed by atoms with Gasteiger partial charge in [-0.3, -0.25) is 4.79 Å². The minimum atomic E-state index is -1.70. The SMILES string of the molecule is CCSc1ccccc1C(=O)O[C@@H](C)C(=O)Nc1ccc(F)c(F)c1F. The second-order valence-corrected chi connectivity index (χ2v) is 6.49. The average Bonchev–Trinajstić information content (AvgIpc) is 2.62. The molecule has 1 amide bonds. The van der Waals surface area contributed by atoms with Crippen molar-refractivity contribution in [3.8, 4) is 0 Å². The molecule has 0 bridgehead atoms. The molecular weight excluding hydrogens is 367 g/mol. The summed E-state index contributed by atoms with van der Waals surface area (Å²) in [4.78, 5) is 25.0. The number of hydrogen-bond donors (Lipinski definition) is 1. The molecule has 0 saturated carbocycles. The average molecular weight is 383 g/mol. The minimum Gasteiger partial charge on any atom is -0.449 e. The maximum atomic E-state index is 13.6. The maximum Gasteiger partial charge on any atom is 0.340 e. The number of esters is 1. The van der Waals surface area contributed by atoms with Gasteiger partial charge < -0.3 is 10.1 Å². The third-order valence-corrected chi connectivity index (χ3v) is 4.31. The molecule has 26 heavy (non-hydrogen) atoms. The van der Waals surface area contributed by atoms with Crippen LogP contribution in [0.4, 0.5) is 18.9 Å². The van der Waals surface area contributed by atoms with Crippen molar-refractivity contribution in [3.63, 3.8) is 0 Å². The van der Waals surface area contributed by atoms with E-state index in [9.17, 15) is 22.8 Å². The van der Waals surface area contributed by atoms with Crippen LogP contribution in [0.5, 0.6) is 0 Å². The van der Waals surface area contributed by atoms with Gasteiger partial charge in [0.15, 0.2) is 23.6 Å². The zero-order valence-corrected chi connectivity index (χ0v) is 14.8. The third-order valence-electron chi connectivity index (χ3n) is 3.35. The van der Waals surface area contributed by atoms with Gasteiger partial charge in [0, 0.05) is 4.90 Å². The smallest absolute Gasteiger partial charge is 0.340 e. The minimum absolute atomic E-state index is 0.304. The van der Waals surface area contributed by atoms with Crippen LogP contribution in [0, 0.1) is 17.5 Å². The molecule has 1 N–H and O–H groups in total. The van der Waals surface area contributed by atoms with E-state index >= 15 is 0 Å². The van der Waals surface area contributed by atoms with Gasteiger partial charge in [-0.1, -0.05) is 19.1 Å². The summed E-state index contributed by atoms with van der Waals surface area (Å²) in [5, 5.41) is 2.07. The van der Waals surface area contributed by atoms with E-state index in [1.807, 2.05) is 6.92 Å². The van der Waals surface area contributed by atoms with E-state index in [1.54, 1.807) is 24.3 Å². The number of hydrogen-bond acceptors (Lipinski definition) is 4. The second kappa shape index (κ2) is 8.75. The summed E-state index contributed by atoms with van der Waals surface area (Å²) in [5.41, 5.74) is -0.239. The Hall–Kier alpha value is -2.48. The Labute approximate surface area is 152 Å². The highest BCUT2D eigenvalue weighted by atomic mass is 32.2. The molecule has 2 rings (SSSR count). The molecule has 0 radical (unpaired) electrons. The van der Waals surface area contributed by atoms with Crippen molar-refractivity contribution in [3.05, 3.63) is 59.4 Å². The maximum absolute atomic E-state index is 13.6. The van der Waals surface area contributed by atoms with E-state index in [2.05, 4.69) is 5.32 Å². The van der Waals surface area contributed by atoms with E-state index in [4.69, 9.17) is 4.74 Å². The normalized spacial score (nSPS) is 11.7. The lowest BCUT2D eigenvalue weighted by Crippen LogP contribution is -2.30. The summed E-state index contributed by atoms with van der Waals surface area (Å²) in [6, 6.07) is 8.33. The first-order valence-corrected chi connectivity index (χ1v) is 8.70. The van der Waals surface area contributed by atoms with Crippen LogP contribution in [0.2, 0.25) is 0 Å². The molecule has 0 aliphatic carbocycles.